The molecule has 166 valence electrons. The molecule has 0 spiro atoms. The number of hydrogen-bond acceptors (Lipinski definition) is 5. The maximum Gasteiger partial charge on any atom is 0.431 e. The number of hydrogen-bond donors (Lipinski definition) is 3. The molecule has 1 unspecified atom stereocenters. The van der Waals surface area contributed by atoms with Gasteiger partial charge in [0, 0.05) is 30.3 Å². The summed E-state index contributed by atoms with van der Waals surface area (Å²) in [5.74, 6) is -1.55. The summed E-state index contributed by atoms with van der Waals surface area (Å²) in [6, 6.07) is 0. The van der Waals surface area contributed by atoms with Gasteiger partial charge in [-0.2, -0.15) is 18.3 Å². The van der Waals surface area contributed by atoms with E-state index in [-0.39, 0.29) is 35.8 Å². The molecule has 0 aliphatic heterocycles. The molecule has 11 heteroatoms. The van der Waals surface area contributed by atoms with E-state index >= 15 is 0 Å². The van der Waals surface area contributed by atoms with Gasteiger partial charge in [0.05, 0.1) is 11.9 Å². The Kier molecular flexibility index (Phi) is 7.63. The van der Waals surface area contributed by atoms with E-state index in [2.05, 4.69) is 15.4 Å². The number of aliphatic imine (C=N–C) groups is 1. The average Bonchev–Trinajstić information content (AvgIpc) is 3.09. The number of nitrogens with two attached hydrogens (primary N) is 2. The van der Waals surface area contributed by atoms with Crippen LogP contribution in [0.1, 0.15) is 56.4 Å². The quantitative estimate of drug-likeness (QED) is 0.617. The van der Waals surface area contributed by atoms with Crippen LogP contribution < -0.4 is 16.8 Å². The zero-order chi connectivity index (χ0) is 22.5. The monoisotopic (exact) mass is 428 g/mol. The summed E-state index contributed by atoms with van der Waals surface area (Å²) in [5, 5.41) is 6.64. The SMILES string of the molecule is CCn1ncc(NC(=O)C(C)CCN=C2CCCCC2=C(N)C(F)(F)F)c1C(N)=O. The minimum absolute atomic E-state index is 0.0592. The van der Waals surface area contributed by atoms with Gasteiger partial charge in [-0.3, -0.25) is 19.3 Å². The number of anilines is 1. The number of nitrogens with one attached hydrogen (secondary N) is 1. The van der Waals surface area contributed by atoms with Crippen LogP contribution in [0, 0.1) is 5.92 Å². The van der Waals surface area contributed by atoms with Crippen LogP contribution in [0.2, 0.25) is 0 Å². The summed E-state index contributed by atoms with van der Waals surface area (Å²) in [6.45, 7) is 4.06. The van der Waals surface area contributed by atoms with Gasteiger partial charge in [0.15, 0.2) is 0 Å². The molecule has 1 heterocycles. The highest BCUT2D eigenvalue weighted by atomic mass is 19.4. The van der Waals surface area contributed by atoms with Gasteiger partial charge in [-0.25, -0.2) is 0 Å². The molecule has 30 heavy (non-hydrogen) atoms. The molecule has 1 aliphatic carbocycles. The molecular formula is C19H27F3N6O2. The number of aromatic nitrogens is 2. The maximum absolute atomic E-state index is 13.0. The third-order valence-electron chi connectivity index (χ3n) is 5.01. The van der Waals surface area contributed by atoms with Crippen molar-refractivity contribution in [2.45, 2.75) is 58.7 Å². The van der Waals surface area contributed by atoms with Gasteiger partial charge < -0.3 is 16.8 Å². The molecule has 1 aliphatic rings. The largest absolute Gasteiger partial charge is 0.431 e. The third kappa shape index (κ3) is 5.61. The molecular weight excluding hydrogens is 401 g/mol. The molecule has 5 N–H and O–H groups in total. The number of carbonyl (C=O) groups is 2. The molecule has 1 saturated carbocycles. The molecule has 0 saturated heterocycles. The van der Waals surface area contributed by atoms with Gasteiger partial charge in [0.25, 0.3) is 5.91 Å². The Morgan fingerprint density at radius 3 is 2.57 bits per heavy atom. The first-order chi connectivity index (χ1) is 14.1. The Hall–Kier alpha value is -2.85. The van der Waals surface area contributed by atoms with Crippen LogP contribution in [0.3, 0.4) is 0 Å². The average molecular weight is 428 g/mol. The van der Waals surface area contributed by atoms with E-state index in [9.17, 15) is 22.8 Å². The van der Waals surface area contributed by atoms with E-state index < -0.39 is 23.7 Å². The highest BCUT2D eigenvalue weighted by Crippen LogP contribution is 2.31. The van der Waals surface area contributed by atoms with E-state index in [0.29, 0.717) is 31.5 Å². The number of halogens is 3. The number of primary amides is 1. The van der Waals surface area contributed by atoms with E-state index in [1.807, 2.05) is 0 Å². The number of nitrogens with zero attached hydrogens (tertiary/aromatic N) is 3. The smallest absolute Gasteiger partial charge is 0.394 e. The lowest BCUT2D eigenvalue weighted by Crippen LogP contribution is -2.26. The maximum atomic E-state index is 13.0. The number of allylic oxidation sites excluding steroid dienone is 2. The van der Waals surface area contributed by atoms with Crippen LogP contribution in [-0.2, 0) is 11.3 Å². The Morgan fingerprint density at radius 1 is 1.30 bits per heavy atom. The van der Waals surface area contributed by atoms with Gasteiger partial charge in [0.2, 0.25) is 5.91 Å². The highest BCUT2D eigenvalue weighted by molar-refractivity contribution is 6.02. The second-order valence-electron chi connectivity index (χ2n) is 7.19. The zero-order valence-electron chi connectivity index (χ0n) is 17.1. The normalized spacial score (nSPS) is 18.9. The standard InChI is InChI=1S/C19H27F3N6O2/c1-3-28-15(17(24)29)14(10-26-28)27-18(30)11(2)8-9-25-13-7-5-4-6-12(13)16(23)19(20,21)22/h10-11H,3-9,23H2,1-2H3,(H2,24,29)(H,27,30). The van der Waals surface area contributed by atoms with E-state index in [1.165, 1.54) is 10.9 Å². The van der Waals surface area contributed by atoms with Crippen molar-refractivity contribution >= 4 is 23.2 Å². The number of alkyl halides is 3. The molecule has 8 nitrogen and oxygen atoms in total. The van der Waals surface area contributed by atoms with E-state index in [4.69, 9.17) is 11.5 Å². The molecule has 1 fully saturated rings. The van der Waals surface area contributed by atoms with Gasteiger partial charge >= 0.3 is 6.18 Å². The lowest BCUT2D eigenvalue weighted by molar-refractivity contribution is -0.119. The van der Waals surface area contributed by atoms with Crippen LogP contribution in [0.25, 0.3) is 0 Å². The van der Waals surface area contributed by atoms with E-state index in [0.717, 1.165) is 6.42 Å². The van der Waals surface area contributed by atoms with Crippen molar-refractivity contribution in [3.63, 3.8) is 0 Å². The first-order valence-corrected chi connectivity index (χ1v) is 9.82. The summed E-state index contributed by atoms with van der Waals surface area (Å²) in [4.78, 5) is 28.4. The van der Waals surface area contributed by atoms with Crippen LogP contribution in [0.15, 0.2) is 22.5 Å². The fourth-order valence-electron chi connectivity index (χ4n) is 3.28. The van der Waals surface area contributed by atoms with Crippen LogP contribution in [0.4, 0.5) is 18.9 Å². The molecule has 0 bridgehead atoms. The summed E-state index contributed by atoms with van der Waals surface area (Å²) >= 11 is 0. The van der Waals surface area contributed by atoms with Gasteiger partial charge in [-0.1, -0.05) is 6.92 Å². The molecule has 1 aromatic heterocycles. The van der Waals surface area contributed by atoms with E-state index in [1.54, 1.807) is 13.8 Å². The number of amides is 2. The lowest BCUT2D eigenvalue weighted by Gasteiger charge is -2.21. The van der Waals surface area contributed by atoms with Crippen molar-refractivity contribution in [3.8, 4) is 0 Å². The fourth-order valence-corrected chi connectivity index (χ4v) is 3.28. The Bertz CT molecular complexity index is 857. The summed E-state index contributed by atoms with van der Waals surface area (Å²) < 4.78 is 40.3. The zero-order valence-corrected chi connectivity index (χ0v) is 17.1. The Labute approximate surface area is 172 Å². The van der Waals surface area contributed by atoms with Crippen LogP contribution in [-0.4, -0.2) is 40.0 Å². The second-order valence-corrected chi connectivity index (χ2v) is 7.19. The van der Waals surface area contributed by atoms with Crippen LogP contribution in [0.5, 0.6) is 0 Å². The number of rotatable bonds is 7. The summed E-state index contributed by atoms with van der Waals surface area (Å²) in [6.07, 6.45) is -0.835. The molecule has 2 amide bonds. The van der Waals surface area contributed by atoms with Crippen molar-refractivity contribution in [2.75, 3.05) is 11.9 Å². The molecule has 0 radical (unpaired) electrons. The Morgan fingerprint density at radius 2 is 1.97 bits per heavy atom. The summed E-state index contributed by atoms with van der Waals surface area (Å²) in [7, 11) is 0. The topological polar surface area (TPSA) is 128 Å². The molecule has 2 rings (SSSR count). The van der Waals surface area contributed by atoms with Crippen molar-refractivity contribution in [3.05, 3.63) is 23.2 Å². The highest BCUT2D eigenvalue weighted by Gasteiger charge is 2.35. The molecule has 1 atom stereocenters. The minimum atomic E-state index is -4.58. The summed E-state index contributed by atoms with van der Waals surface area (Å²) in [5.41, 5.74) is 10.3. The van der Waals surface area contributed by atoms with Crippen molar-refractivity contribution in [2.24, 2.45) is 22.4 Å². The third-order valence-corrected chi connectivity index (χ3v) is 5.01. The molecule has 1 aromatic rings. The van der Waals surface area contributed by atoms with Crippen molar-refractivity contribution in [1.29, 1.82) is 0 Å². The predicted molar refractivity (Wildman–Crippen MR) is 107 cm³/mol. The van der Waals surface area contributed by atoms with Gasteiger partial charge in [-0.15, -0.1) is 0 Å². The lowest BCUT2D eigenvalue weighted by atomic mass is 9.91. The predicted octanol–water partition coefficient (Wildman–Crippen LogP) is 2.76. The number of aryl methyl sites for hydroxylation is 1. The first kappa shape index (κ1) is 23.4. The Balaban J connectivity index is 2.03. The van der Waals surface area contributed by atoms with Gasteiger partial charge in [-0.05, 0) is 39.0 Å². The van der Waals surface area contributed by atoms with Gasteiger partial charge in [0.1, 0.15) is 11.4 Å². The van der Waals surface area contributed by atoms with Crippen molar-refractivity contribution in [1.82, 2.24) is 9.78 Å². The fraction of sp³-hybridized carbons (Fsp3) is 0.579. The van der Waals surface area contributed by atoms with Crippen molar-refractivity contribution < 1.29 is 22.8 Å². The molecule has 0 aromatic carbocycles. The van der Waals surface area contributed by atoms with Crippen LogP contribution >= 0.6 is 0 Å². The minimum Gasteiger partial charge on any atom is -0.394 e. The number of carbonyl (C=O) groups excluding carboxylic acids is 2. The second kappa shape index (κ2) is 9.77. The first-order valence-electron chi connectivity index (χ1n) is 9.82.